The summed E-state index contributed by atoms with van der Waals surface area (Å²) in [7, 11) is 4.04. The Bertz CT molecular complexity index is 919. The molecule has 0 radical (unpaired) electrons. The van der Waals surface area contributed by atoms with Crippen LogP contribution in [0.4, 0.5) is 5.13 Å². The summed E-state index contributed by atoms with van der Waals surface area (Å²) in [5.41, 5.74) is 3.39. The molecule has 27 heavy (non-hydrogen) atoms. The summed E-state index contributed by atoms with van der Waals surface area (Å²) in [4.78, 5) is 22.7. The lowest BCUT2D eigenvalue weighted by Crippen LogP contribution is -2.37. The lowest BCUT2D eigenvalue weighted by Gasteiger charge is -2.21. The van der Waals surface area contributed by atoms with Crippen LogP contribution in [0.3, 0.4) is 0 Å². The fourth-order valence-electron chi connectivity index (χ4n) is 2.62. The highest BCUT2D eigenvalue weighted by Gasteiger charge is 2.20. The van der Waals surface area contributed by atoms with Gasteiger partial charge in [0, 0.05) is 18.0 Å². The van der Waals surface area contributed by atoms with Gasteiger partial charge in [0.15, 0.2) is 5.13 Å². The number of fused-ring (bicyclic) bond motifs is 1. The third-order valence-electron chi connectivity index (χ3n) is 4.22. The number of hydrogen-bond donors (Lipinski definition) is 0. The maximum atomic E-state index is 13.0. The van der Waals surface area contributed by atoms with E-state index in [9.17, 15) is 4.79 Å². The maximum Gasteiger partial charge on any atom is 0.239 e. The molecule has 0 aliphatic rings. The van der Waals surface area contributed by atoms with Crippen molar-refractivity contribution in [3.63, 3.8) is 0 Å². The second-order valence-corrected chi connectivity index (χ2v) is 8.98. The highest BCUT2D eigenvalue weighted by molar-refractivity contribution is 8.00. The number of thiazole rings is 1. The van der Waals surface area contributed by atoms with Crippen molar-refractivity contribution in [2.75, 3.05) is 37.8 Å². The number of benzene rings is 2. The van der Waals surface area contributed by atoms with Crippen LogP contribution in [-0.4, -0.2) is 48.7 Å². The molecule has 142 valence electrons. The van der Waals surface area contributed by atoms with Gasteiger partial charge in [-0.2, -0.15) is 0 Å². The number of rotatable bonds is 7. The molecule has 0 atom stereocenters. The Morgan fingerprint density at radius 3 is 2.44 bits per heavy atom. The summed E-state index contributed by atoms with van der Waals surface area (Å²) in [5.74, 6) is 0.504. The Kier molecular flexibility index (Phi) is 6.52. The van der Waals surface area contributed by atoms with Gasteiger partial charge in [0.1, 0.15) is 0 Å². The lowest BCUT2D eigenvalue weighted by molar-refractivity contribution is -0.116. The fourth-order valence-corrected chi connectivity index (χ4v) is 4.50. The van der Waals surface area contributed by atoms with Crippen LogP contribution in [0.2, 0.25) is 0 Å². The highest BCUT2D eigenvalue weighted by Crippen LogP contribution is 2.30. The number of hydrogen-bond acceptors (Lipinski definition) is 5. The Balaban J connectivity index is 1.78. The molecule has 0 aliphatic carbocycles. The topological polar surface area (TPSA) is 36.4 Å². The van der Waals surface area contributed by atoms with Crippen LogP contribution in [0.1, 0.15) is 11.1 Å². The molecule has 0 bridgehead atoms. The van der Waals surface area contributed by atoms with Crippen molar-refractivity contribution in [2.45, 2.75) is 18.7 Å². The molecule has 0 N–H and O–H groups in total. The van der Waals surface area contributed by atoms with Crippen molar-refractivity contribution in [1.29, 1.82) is 0 Å². The zero-order valence-corrected chi connectivity index (χ0v) is 17.9. The van der Waals surface area contributed by atoms with Crippen LogP contribution in [-0.2, 0) is 4.79 Å². The van der Waals surface area contributed by atoms with Crippen LogP contribution in [0.15, 0.2) is 47.4 Å². The Morgan fingerprint density at radius 1 is 1.04 bits per heavy atom. The molecule has 0 saturated carbocycles. The average Bonchev–Trinajstić information content (AvgIpc) is 3.03. The van der Waals surface area contributed by atoms with Crippen molar-refractivity contribution < 1.29 is 4.79 Å². The van der Waals surface area contributed by atoms with Crippen molar-refractivity contribution in [2.24, 2.45) is 0 Å². The molecule has 0 fully saturated rings. The number of aromatic nitrogens is 1. The minimum Gasteiger partial charge on any atom is -0.308 e. The molecule has 3 aromatic rings. The van der Waals surface area contributed by atoms with Gasteiger partial charge in [-0.25, -0.2) is 4.98 Å². The second-order valence-electron chi connectivity index (χ2n) is 6.92. The first-order valence-corrected chi connectivity index (χ1v) is 10.7. The minimum absolute atomic E-state index is 0.0956. The van der Waals surface area contributed by atoms with Gasteiger partial charge >= 0.3 is 0 Å². The van der Waals surface area contributed by atoms with Crippen LogP contribution in [0.25, 0.3) is 10.2 Å². The van der Waals surface area contributed by atoms with Crippen molar-refractivity contribution in [1.82, 2.24) is 9.88 Å². The van der Waals surface area contributed by atoms with E-state index in [0.29, 0.717) is 12.3 Å². The standard InChI is InChI=1S/C21H25N3OS2/c1-15-5-8-17(9-6-15)26-14-20(25)24(12-11-23(3)4)21-22-18-10-7-16(2)13-19(18)27-21/h5-10,13H,11-12,14H2,1-4H3. The predicted molar refractivity (Wildman–Crippen MR) is 117 cm³/mol. The minimum atomic E-state index is 0.0956. The molecule has 1 heterocycles. The summed E-state index contributed by atoms with van der Waals surface area (Å²) in [5, 5.41) is 0.784. The number of anilines is 1. The largest absolute Gasteiger partial charge is 0.308 e. The predicted octanol–water partition coefficient (Wildman–Crippen LogP) is 4.60. The van der Waals surface area contributed by atoms with Crippen LogP contribution in [0, 0.1) is 13.8 Å². The van der Waals surface area contributed by atoms with E-state index in [-0.39, 0.29) is 5.91 Å². The van der Waals surface area contributed by atoms with E-state index in [1.807, 2.05) is 25.1 Å². The molecule has 3 rings (SSSR count). The van der Waals surface area contributed by atoms with Gasteiger partial charge in [-0.15, -0.1) is 11.8 Å². The molecule has 4 nitrogen and oxygen atoms in total. The summed E-state index contributed by atoms with van der Waals surface area (Å²) in [6.07, 6.45) is 0. The van der Waals surface area contributed by atoms with E-state index in [2.05, 4.69) is 55.1 Å². The summed E-state index contributed by atoms with van der Waals surface area (Å²) >= 11 is 3.17. The van der Waals surface area contributed by atoms with Gasteiger partial charge in [0.05, 0.1) is 16.0 Å². The molecule has 1 amide bonds. The zero-order valence-electron chi connectivity index (χ0n) is 16.2. The van der Waals surface area contributed by atoms with Crippen molar-refractivity contribution in [3.8, 4) is 0 Å². The van der Waals surface area contributed by atoms with E-state index in [0.717, 1.165) is 26.8 Å². The van der Waals surface area contributed by atoms with E-state index in [4.69, 9.17) is 4.98 Å². The number of likely N-dealkylation sites (N-methyl/N-ethyl adjacent to an activating group) is 1. The van der Waals surface area contributed by atoms with Gasteiger partial charge in [0.25, 0.3) is 0 Å². The molecule has 2 aromatic carbocycles. The van der Waals surface area contributed by atoms with Crippen molar-refractivity contribution in [3.05, 3.63) is 53.6 Å². The van der Waals surface area contributed by atoms with E-state index in [1.165, 1.54) is 11.1 Å². The monoisotopic (exact) mass is 399 g/mol. The van der Waals surface area contributed by atoms with Crippen LogP contribution < -0.4 is 4.90 Å². The molecule has 1 aromatic heterocycles. The lowest BCUT2D eigenvalue weighted by atomic mass is 10.2. The summed E-state index contributed by atoms with van der Waals surface area (Å²) < 4.78 is 1.12. The molecule has 6 heteroatoms. The number of nitrogens with zero attached hydrogens (tertiary/aromatic N) is 3. The second kappa shape index (κ2) is 8.87. The number of aryl methyl sites for hydroxylation is 2. The van der Waals surface area contributed by atoms with Crippen molar-refractivity contribution >= 4 is 44.4 Å². The Morgan fingerprint density at radius 2 is 1.74 bits per heavy atom. The smallest absolute Gasteiger partial charge is 0.239 e. The maximum absolute atomic E-state index is 13.0. The molecule has 0 saturated heterocycles. The number of carbonyl (C=O) groups excluding carboxylic acids is 1. The van der Waals surface area contributed by atoms with Gasteiger partial charge < -0.3 is 4.90 Å². The number of amides is 1. The number of thioether (sulfide) groups is 1. The first kappa shape index (κ1) is 19.9. The molecular formula is C21H25N3OS2. The summed E-state index contributed by atoms with van der Waals surface area (Å²) in [6, 6.07) is 14.5. The quantitative estimate of drug-likeness (QED) is 0.544. The van der Waals surface area contributed by atoms with E-state index >= 15 is 0 Å². The molecular weight excluding hydrogens is 374 g/mol. The third kappa shape index (κ3) is 5.31. The number of carbonyl (C=O) groups is 1. The van der Waals surface area contributed by atoms with Gasteiger partial charge in [0.2, 0.25) is 5.91 Å². The van der Waals surface area contributed by atoms with E-state index < -0.39 is 0 Å². The van der Waals surface area contributed by atoms with Crippen LogP contribution in [0.5, 0.6) is 0 Å². The van der Waals surface area contributed by atoms with Crippen LogP contribution >= 0.6 is 23.1 Å². The molecule has 0 unspecified atom stereocenters. The first-order chi connectivity index (χ1) is 12.9. The van der Waals surface area contributed by atoms with E-state index in [1.54, 1.807) is 23.1 Å². The SMILES string of the molecule is Cc1ccc(SCC(=O)N(CCN(C)C)c2nc3ccc(C)cc3s2)cc1. The highest BCUT2D eigenvalue weighted by atomic mass is 32.2. The van der Waals surface area contributed by atoms with Gasteiger partial charge in [-0.05, 0) is 57.8 Å². The Labute approximate surface area is 169 Å². The fraction of sp³-hybridized carbons (Fsp3) is 0.333. The average molecular weight is 400 g/mol. The summed E-state index contributed by atoms with van der Waals surface area (Å²) in [6.45, 7) is 5.58. The van der Waals surface area contributed by atoms with Gasteiger partial charge in [-0.1, -0.05) is 35.1 Å². The normalized spacial score (nSPS) is 11.3. The van der Waals surface area contributed by atoms with Gasteiger partial charge in [-0.3, -0.25) is 9.69 Å². The Hall–Kier alpha value is -1.89. The zero-order chi connectivity index (χ0) is 19.4. The first-order valence-electron chi connectivity index (χ1n) is 8.94. The third-order valence-corrected chi connectivity index (χ3v) is 6.26. The molecule has 0 aliphatic heterocycles. The molecule has 0 spiro atoms.